The molecule has 0 aromatic carbocycles. The lowest BCUT2D eigenvalue weighted by atomic mass is 10.1. The third kappa shape index (κ3) is 5.42. The van der Waals surface area contributed by atoms with Gasteiger partial charge in [0.25, 0.3) is 0 Å². The van der Waals surface area contributed by atoms with Crippen LogP contribution in [0.25, 0.3) is 0 Å². The number of nitrogens with one attached hydrogen (secondary N) is 1. The van der Waals surface area contributed by atoms with Crippen LogP contribution < -0.4 is 5.32 Å². The number of furan rings is 1. The number of ether oxygens (including phenoxy) is 1. The fourth-order valence-electron chi connectivity index (χ4n) is 3.11. The molecule has 1 saturated heterocycles. The molecule has 1 N–H and O–H groups in total. The van der Waals surface area contributed by atoms with Crippen LogP contribution in [0, 0.1) is 6.92 Å². The monoisotopic (exact) mass is 362 g/mol. The number of nitrogens with zero attached hydrogens (tertiary/aromatic N) is 1. The second-order valence-corrected chi connectivity index (χ2v) is 7.38. The Bertz CT molecular complexity index is 647. The van der Waals surface area contributed by atoms with Crippen molar-refractivity contribution in [3.8, 4) is 0 Å². The van der Waals surface area contributed by atoms with Crippen LogP contribution in [0.4, 0.5) is 0 Å². The maximum atomic E-state index is 12.2. The SMILES string of the molecule is Cc1ccc(C(CNC(=O)CCCc2cccs2)N2CCOCC2)o1. The van der Waals surface area contributed by atoms with E-state index in [1.165, 1.54) is 4.88 Å². The highest BCUT2D eigenvalue weighted by atomic mass is 32.1. The zero-order chi connectivity index (χ0) is 17.5. The number of carbonyl (C=O) groups is 1. The lowest BCUT2D eigenvalue weighted by molar-refractivity contribution is -0.121. The van der Waals surface area contributed by atoms with Gasteiger partial charge in [-0.25, -0.2) is 0 Å². The Labute approximate surface area is 153 Å². The Morgan fingerprint density at radius 2 is 2.16 bits per heavy atom. The second-order valence-electron chi connectivity index (χ2n) is 6.35. The van der Waals surface area contributed by atoms with Gasteiger partial charge in [-0.3, -0.25) is 9.69 Å². The third-order valence-corrected chi connectivity index (χ3v) is 5.41. The molecule has 2 aromatic heterocycles. The molecule has 0 saturated carbocycles. The minimum absolute atomic E-state index is 0.0684. The van der Waals surface area contributed by atoms with E-state index in [2.05, 4.69) is 27.7 Å². The van der Waals surface area contributed by atoms with Crippen molar-refractivity contribution < 1.29 is 13.9 Å². The molecule has 2 aromatic rings. The molecule has 0 aliphatic carbocycles. The van der Waals surface area contributed by atoms with Crippen molar-refractivity contribution in [3.63, 3.8) is 0 Å². The van der Waals surface area contributed by atoms with Gasteiger partial charge in [-0.1, -0.05) is 6.07 Å². The molecular weight excluding hydrogens is 336 g/mol. The number of thiophene rings is 1. The van der Waals surface area contributed by atoms with Gasteiger partial charge in [0.2, 0.25) is 5.91 Å². The van der Waals surface area contributed by atoms with Crippen LogP contribution in [-0.2, 0) is 16.0 Å². The van der Waals surface area contributed by atoms with Crippen molar-refractivity contribution in [1.82, 2.24) is 10.2 Å². The van der Waals surface area contributed by atoms with Gasteiger partial charge in [0.1, 0.15) is 11.5 Å². The summed E-state index contributed by atoms with van der Waals surface area (Å²) in [5, 5.41) is 5.17. The van der Waals surface area contributed by atoms with Crippen LogP contribution in [0.3, 0.4) is 0 Å². The van der Waals surface area contributed by atoms with Gasteiger partial charge < -0.3 is 14.5 Å². The molecule has 25 heavy (non-hydrogen) atoms. The van der Waals surface area contributed by atoms with E-state index >= 15 is 0 Å². The highest BCUT2D eigenvalue weighted by Gasteiger charge is 2.25. The predicted octanol–water partition coefficient (Wildman–Crippen LogP) is 3.16. The fraction of sp³-hybridized carbons (Fsp3) is 0.526. The molecule has 5 nitrogen and oxygen atoms in total. The van der Waals surface area contributed by atoms with Crippen LogP contribution in [0.15, 0.2) is 34.1 Å². The molecule has 0 bridgehead atoms. The summed E-state index contributed by atoms with van der Waals surface area (Å²) in [6.07, 6.45) is 2.41. The summed E-state index contributed by atoms with van der Waals surface area (Å²) in [5.41, 5.74) is 0. The van der Waals surface area contributed by atoms with Gasteiger partial charge >= 0.3 is 0 Å². The van der Waals surface area contributed by atoms with Gasteiger partial charge in [0.05, 0.1) is 19.3 Å². The summed E-state index contributed by atoms with van der Waals surface area (Å²) < 4.78 is 11.3. The van der Waals surface area contributed by atoms with Crippen molar-refractivity contribution in [2.45, 2.75) is 32.2 Å². The first-order valence-corrected chi connectivity index (χ1v) is 9.77. The molecule has 1 fully saturated rings. The largest absolute Gasteiger partial charge is 0.465 e. The number of amides is 1. The van der Waals surface area contributed by atoms with Crippen LogP contribution >= 0.6 is 11.3 Å². The van der Waals surface area contributed by atoms with Gasteiger partial charge in [0, 0.05) is 30.9 Å². The van der Waals surface area contributed by atoms with Crippen LogP contribution in [0.1, 0.15) is 35.3 Å². The number of carbonyl (C=O) groups excluding carboxylic acids is 1. The highest BCUT2D eigenvalue weighted by Crippen LogP contribution is 2.23. The molecule has 0 spiro atoms. The number of hydrogen-bond donors (Lipinski definition) is 1. The number of aryl methyl sites for hydroxylation is 2. The minimum atomic E-state index is 0.0684. The van der Waals surface area contributed by atoms with Crippen molar-refractivity contribution in [1.29, 1.82) is 0 Å². The Kier molecular flexibility index (Phi) is 6.67. The molecule has 1 aliphatic heterocycles. The Morgan fingerprint density at radius 1 is 1.32 bits per heavy atom. The fourth-order valence-corrected chi connectivity index (χ4v) is 3.86. The van der Waals surface area contributed by atoms with Gasteiger partial charge in [-0.15, -0.1) is 11.3 Å². The molecule has 1 unspecified atom stereocenters. The number of hydrogen-bond acceptors (Lipinski definition) is 5. The molecule has 3 rings (SSSR count). The maximum Gasteiger partial charge on any atom is 0.220 e. The van der Waals surface area contributed by atoms with E-state index in [4.69, 9.17) is 9.15 Å². The summed E-state index contributed by atoms with van der Waals surface area (Å²) in [4.78, 5) is 15.9. The van der Waals surface area contributed by atoms with E-state index in [0.29, 0.717) is 13.0 Å². The standard InChI is InChI=1S/C19H26N2O3S/c1-15-7-8-18(24-15)17(21-9-11-23-12-10-21)14-20-19(22)6-2-4-16-5-3-13-25-16/h3,5,7-8,13,17H,2,4,6,9-12,14H2,1H3,(H,20,22). The van der Waals surface area contributed by atoms with Gasteiger partial charge in [-0.2, -0.15) is 0 Å². The molecule has 3 heterocycles. The second kappa shape index (κ2) is 9.17. The molecule has 6 heteroatoms. The van der Waals surface area contributed by atoms with E-state index in [1.54, 1.807) is 11.3 Å². The first-order valence-electron chi connectivity index (χ1n) is 8.89. The third-order valence-electron chi connectivity index (χ3n) is 4.48. The highest BCUT2D eigenvalue weighted by molar-refractivity contribution is 7.09. The van der Waals surface area contributed by atoms with E-state index in [-0.39, 0.29) is 11.9 Å². The van der Waals surface area contributed by atoms with Gasteiger partial charge in [-0.05, 0) is 43.3 Å². The zero-order valence-corrected chi connectivity index (χ0v) is 15.5. The Hall–Kier alpha value is -1.63. The van der Waals surface area contributed by atoms with Crippen molar-refractivity contribution in [2.75, 3.05) is 32.8 Å². The van der Waals surface area contributed by atoms with Crippen molar-refractivity contribution in [3.05, 3.63) is 46.0 Å². The molecule has 1 amide bonds. The summed E-state index contributed by atoms with van der Waals surface area (Å²) in [5.74, 6) is 1.92. The predicted molar refractivity (Wildman–Crippen MR) is 98.8 cm³/mol. The van der Waals surface area contributed by atoms with E-state index < -0.39 is 0 Å². The van der Waals surface area contributed by atoms with Crippen molar-refractivity contribution in [2.24, 2.45) is 0 Å². The van der Waals surface area contributed by atoms with Crippen LogP contribution in [-0.4, -0.2) is 43.7 Å². The van der Waals surface area contributed by atoms with Gasteiger partial charge in [0.15, 0.2) is 0 Å². The minimum Gasteiger partial charge on any atom is -0.465 e. The molecule has 136 valence electrons. The quantitative estimate of drug-likeness (QED) is 0.784. The zero-order valence-electron chi connectivity index (χ0n) is 14.7. The molecule has 1 atom stereocenters. The molecule has 0 radical (unpaired) electrons. The summed E-state index contributed by atoms with van der Waals surface area (Å²) >= 11 is 1.75. The molecular formula is C19H26N2O3S. The summed E-state index contributed by atoms with van der Waals surface area (Å²) in [6, 6.07) is 8.23. The first-order chi connectivity index (χ1) is 12.2. The van der Waals surface area contributed by atoms with Crippen LogP contribution in [0.5, 0.6) is 0 Å². The number of morpholine rings is 1. The molecule has 1 aliphatic rings. The van der Waals surface area contributed by atoms with E-state index in [0.717, 1.165) is 50.7 Å². The average molecular weight is 362 g/mol. The maximum absolute atomic E-state index is 12.2. The summed E-state index contributed by atoms with van der Waals surface area (Å²) in [7, 11) is 0. The Balaban J connectivity index is 1.50. The smallest absolute Gasteiger partial charge is 0.220 e. The normalized spacial score (nSPS) is 16.7. The lowest BCUT2D eigenvalue weighted by Gasteiger charge is -2.33. The summed E-state index contributed by atoms with van der Waals surface area (Å²) in [6.45, 7) is 5.70. The number of rotatable bonds is 8. The topological polar surface area (TPSA) is 54.7 Å². The first kappa shape index (κ1) is 18.2. The average Bonchev–Trinajstić information content (AvgIpc) is 3.28. The van der Waals surface area contributed by atoms with E-state index in [1.807, 2.05) is 19.1 Å². The van der Waals surface area contributed by atoms with E-state index in [9.17, 15) is 4.79 Å². The van der Waals surface area contributed by atoms with Crippen molar-refractivity contribution >= 4 is 17.2 Å². The lowest BCUT2D eigenvalue weighted by Crippen LogP contribution is -2.43. The van der Waals surface area contributed by atoms with Crippen LogP contribution in [0.2, 0.25) is 0 Å². The Morgan fingerprint density at radius 3 is 2.84 bits per heavy atom.